The van der Waals surface area contributed by atoms with Gasteiger partial charge in [0.25, 0.3) is 0 Å². The zero-order valence-electron chi connectivity index (χ0n) is 10.2. The van der Waals surface area contributed by atoms with Crippen LogP contribution >= 0.6 is 11.8 Å². The molecule has 0 radical (unpaired) electrons. The van der Waals surface area contributed by atoms with Crippen molar-refractivity contribution in [2.75, 3.05) is 25.1 Å². The third kappa shape index (κ3) is 6.44. The third-order valence-corrected chi connectivity index (χ3v) is 3.77. The second-order valence-electron chi connectivity index (χ2n) is 4.58. The molecule has 15 heavy (non-hydrogen) atoms. The first-order chi connectivity index (χ1) is 7.33. The van der Waals surface area contributed by atoms with E-state index in [9.17, 15) is 0 Å². The van der Waals surface area contributed by atoms with E-state index in [-0.39, 0.29) is 0 Å². The fourth-order valence-electron chi connectivity index (χ4n) is 2.19. The van der Waals surface area contributed by atoms with Gasteiger partial charge < -0.3 is 10.6 Å². The van der Waals surface area contributed by atoms with E-state index in [1.807, 2.05) is 11.8 Å². The van der Waals surface area contributed by atoms with Gasteiger partial charge >= 0.3 is 0 Å². The van der Waals surface area contributed by atoms with E-state index in [0.29, 0.717) is 6.04 Å². The Balaban J connectivity index is 1.91. The minimum atomic E-state index is 0.676. The lowest BCUT2D eigenvalue weighted by Gasteiger charge is -2.18. The zero-order chi connectivity index (χ0) is 10.9. The molecule has 1 aliphatic rings. The maximum Gasteiger partial charge on any atom is 0.00822 e. The molecule has 90 valence electrons. The molecule has 1 fully saturated rings. The Morgan fingerprint density at radius 3 is 3.00 bits per heavy atom. The van der Waals surface area contributed by atoms with Crippen molar-refractivity contribution in [3.8, 4) is 0 Å². The van der Waals surface area contributed by atoms with Crippen molar-refractivity contribution >= 4 is 11.8 Å². The van der Waals surface area contributed by atoms with E-state index in [1.54, 1.807) is 0 Å². The molecule has 1 aliphatic heterocycles. The number of nitrogens with one attached hydrogen (secondary N) is 2. The zero-order valence-corrected chi connectivity index (χ0v) is 11.0. The summed E-state index contributed by atoms with van der Waals surface area (Å²) < 4.78 is 0. The van der Waals surface area contributed by atoms with E-state index in [4.69, 9.17) is 0 Å². The maximum atomic E-state index is 3.62. The summed E-state index contributed by atoms with van der Waals surface area (Å²) in [7, 11) is 0. The van der Waals surface area contributed by atoms with Gasteiger partial charge in [-0.2, -0.15) is 11.8 Å². The Kier molecular flexibility index (Phi) is 7.49. The van der Waals surface area contributed by atoms with Gasteiger partial charge in [-0.15, -0.1) is 0 Å². The molecule has 2 nitrogen and oxygen atoms in total. The molecule has 0 aromatic heterocycles. The molecule has 0 spiro atoms. The Bertz CT molecular complexity index is 147. The molecule has 0 saturated carbocycles. The fourth-order valence-corrected chi connectivity index (χ4v) is 2.68. The van der Waals surface area contributed by atoms with Crippen molar-refractivity contribution in [3.05, 3.63) is 0 Å². The molecule has 2 unspecified atom stereocenters. The molecule has 0 aromatic carbocycles. The van der Waals surface area contributed by atoms with Crippen molar-refractivity contribution in [1.29, 1.82) is 0 Å². The highest BCUT2D eigenvalue weighted by atomic mass is 32.2. The van der Waals surface area contributed by atoms with Gasteiger partial charge in [0, 0.05) is 12.1 Å². The average molecular weight is 230 g/mol. The Morgan fingerprint density at radius 2 is 2.33 bits per heavy atom. The van der Waals surface area contributed by atoms with Crippen molar-refractivity contribution in [1.82, 2.24) is 10.6 Å². The van der Waals surface area contributed by atoms with Crippen LogP contribution in [0.2, 0.25) is 0 Å². The minimum absolute atomic E-state index is 0.676. The molecule has 0 bridgehead atoms. The molecule has 1 saturated heterocycles. The van der Waals surface area contributed by atoms with Gasteiger partial charge in [0.05, 0.1) is 0 Å². The lowest BCUT2D eigenvalue weighted by molar-refractivity contribution is 0.437. The van der Waals surface area contributed by atoms with Crippen LogP contribution in [0.15, 0.2) is 0 Å². The van der Waals surface area contributed by atoms with Crippen LogP contribution in [-0.2, 0) is 0 Å². The number of rotatable bonds is 8. The highest BCUT2D eigenvalue weighted by molar-refractivity contribution is 7.98. The number of thioether (sulfide) groups is 1. The predicted octanol–water partition coefficient (Wildman–Crippen LogP) is 2.25. The van der Waals surface area contributed by atoms with Crippen LogP contribution in [0.25, 0.3) is 0 Å². The maximum absolute atomic E-state index is 3.62. The first-order valence-electron chi connectivity index (χ1n) is 6.28. The summed E-state index contributed by atoms with van der Waals surface area (Å²) in [6, 6.07) is 1.45. The summed E-state index contributed by atoms with van der Waals surface area (Å²) in [5, 5.41) is 7.17. The van der Waals surface area contributed by atoms with Gasteiger partial charge in [0.15, 0.2) is 0 Å². The fraction of sp³-hybridized carbons (Fsp3) is 1.00. The third-order valence-electron chi connectivity index (χ3n) is 3.07. The van der Waals surface area contributed by atoms with Gasteiger partial charge in [-0.25, -0.2) is 0 Å². The normalized spacial score (nSPS) is 23.2. The van der Waals surface area contributed by atoms with Crippen LogP contribution in [0.4, 0.5) is 0 Å². The second kappa shape index (κ2) is 8.43. The number of unbranched alkanes of at least 4 members (excludes halogenated alkanes) is 1. The first kappa shape index (κ1) is 13.3. The Hall–Kier alpha value is 0.270. The molecular weight excluding hydrogens is 204 g/mol. The smallest absolute Gasteiger partial charge is 0.00822 e. The topological polar surface area (TPSA) is 24.1 Å². The molecule has 2 atom stereocenters. The molecule has 3 heteroatoms. The van der Waals surface area contributed by atoms with Gasteiger partial charge in [0.1, 0.15) is 0 Å². The highest BCUT2D eigenvalue weighted by Crippen LogP contribution is 2.10. The molecular formula is C12H26N2S. The summed E-state index contributed by atoms with van der Waals surface area (Å²) in [5.41, 5.74) is 0. The van der Waals surface area contributed by atoms with Gasteiger partial charge in [-0.3, -0.25) is 0 Å². The second-order valence-corrected chi connectivity index (χ2v) is 5.57. The highest BCUT2D eigenvalue weighted by Gasteiger charge is 2.16. The SMILES string of the molecule is CSCCCCNC(C)CC1CCCN1. The van der Waals surface area contributed by atoms with Crippen LogP contribution < -0.4 is 10.6 Å². The summed E-state index contributed by atoms with van der Waals surface area (Å²) in [5.74, 6) is 1.31. The largest absolute Gasteiger partial charge is 0.314 e. The standard InChI is InChI=1S/C12H26N2S/c1-11(10-12-6-5-8-14-12)13-7-3-4-9-15-2/h11-14H,3-10H2,1-2H3. The van der Waals surface area contributed by atoms with Crippen LogP contribution in [0.3, 0.4) is 0 Å². The average Bonchev–Trinajstić information content (AvgIpc) is 2.70. The van der Waals surface area contributed by atoms with E-state index in [0.717, 1.165) is 6.04 Å². The molecule has 1 heterocycles. The van der Waals surface area contributed by atoms with Gasteiger partial charge in [0.2, 0.25) is 0 Å². The van der Waals surface area contributed by atoms with Crippen molar-refractivity contribution in [2.24, 2.45) is 0 Å². The lowest BCUT2D eigenvalue weighted by Crippen LogP contribution is -2.34. The number of hydrogen-bond acceptors (Lipinski definition) is 3. The van der Waals surface area contributed by atoms with Crippen molar-refractivity contribution in [3.63, 3.8) is 0 Å². The summed E-state index contributed by atoms with van der Waals surface area (Å²) in [4.78, 5) is 0. The number of hydrogen-bond donors (Lipinski definition) is 2. The first-order valence-corrected chi connectivity index (χ1v) is 7.68. The molecule has 2 N–H and O–H groups in total. The van der Waals surface area contributed by atoms with Crippen molar-refractivity contribution < 1.29 is 0 Å². The van der Waals surface area contributed by atoms with Crippen LogP contribution in [-0.4, -0.2) is 37.2 Å². The minimum Gasteiger partial charge on any atom is -0.314 e. The summed E-state index contributed by atoms with van der Waals surface area (Å²) >= 11 is 1.95. The molecule has 0 amide bonds. The summed E-state index contributed by atoms with van der Waals surface area (Å²) in [6.07, 6.45) is 8.89. The van der Waals surface area contributed by atoms with E-state index in [1.165, 1.54) is 50.9 Å². The van der Waals surface area contributed by atoms with Crippen LogP contribution in [0.5, 0.6) is 0 Å². The van der Waals surface area contributed by atoms with Gasteiger partial charge in [-0.05, 0) is 64.1 Å². The Morgan fingerprint density at radius 1 is 1.47 bits per heavy atom. The van der Waals surface area contributed by atoms with E-state index < -0.39 is 0 Å². The lowest BCUT2D eigenvalue weighted by atomic mass is 10.1. The molecule has 0 aliphatic carbocycles. The quantitative estimate of drug-likeness (QED) is 0.626. The Labute approximate surface area is 99.0 Å². The molecule has 1 rings (SSSR count). The van der Waals surface area contributed by atoms with Gasteiger partial charge in [-0.1, -0.05) is 0 Å². The molecule has 0 aromatic rings. The van der Waals surface area contributed by atoms with E-state index >= 15 is 0 Å². The van der Waals surface area contributed by atoms with Crippen molar-refractivity contribution in [2.45, 2.75) is 51.1 Å². The summed E-state index contributed by atoms with van der Waals surface area (Å²) in [6.45, 7) is 4.73. The van der Waals surface area contributed by atoms with Crippen LogP contribution in [0, 0.1) is 0 Å². The predicted molar refractivity (Wildman–Crippen MR) is 70.7 cm³/mol. The monoisotopic (exact) mass is 230 g/mol. The van der Waals surface area contributed by atoms with Crippen LogP contribution in [0.1, 0.15) is 39.0 Å². The van der Waals surface area contributed by atoms with E-state index in [2.05, 4.69) is 23.8 Å².